The van der Waals surface area contributed by atoms with E-state index < -0.39 is 5.91 Å². The Morgan fingerprint density at radius 1 is 1.12 bits per heavy atom. The Labute approximate surface area is 137 Å². The van der Waals surface area contributed by atoms with Crippen molar-refractivity contribution in [2.45, 2.75) is 6.54 Å². The molecule has 0 saturated carbocycles. The smallest absolute Gasteiger partial charge is 0.291 e. The van der Waals surface area contributed by atoms with E-state index in [1.54, 1.807) is 54.7 Å². The molecule has 0 aliphatic rings. The van der Waals surface area contributed by atoms with Gasteiger partial charge in [0.2, 0.25) is 0 Å². The van der Waals surface area contributed by atoms with Crippen molar-refractivity contribution in [1.82, 2.24) is 4.57 Å². The van der Waals surface area contributed by atoms with Crippen LogP contribution in [-0.2, 0) is 6.54 Å². The van der Waals surface area contributed by atoms with E-state index in [1.807, 2.05) is 6.07 Å². The minimum atomic E-state index is -0.397. The lowest BCUT2D eigenvalue weighted by Gasteiger charge is -2.03. The van der Waals surface area contributed by atoms with Crippen LogP contribution in [0.25, 0.3) is 0 Å². The van der Waals surface area contributed by atoms with E-state index in [-0.39, 0.29) is 17.9 Å². The average Bonchev–Trinajstić information content (AvgIpc) is 3.06. The molecule has 0 spiro atoms. The number of pyridine rings is 1. The zero-order valence-corrected chi connectivity index (χ0v) is 12.6. The normalized spacial score (nSPS) is 10.1. The molecule has 0 fully saturated rings. The molecule has 1 aromatic carbocycles. The van der Waals surface area contributed by atoms with Gasteiger partial charge in [0.25, 0.3) is 11.5 Å². The molecule has 118 valence electrons. The first kappa shape index (κ1) is 15.3. The number of nitrogens with zero attached hydrogens (tertiary/aromatic N) is 2. The van der Waals surface area contributed by atoms with Crippen LogP contribution in [0.2, 0.25) is 0 Å². The van der Waals surface area contributed by atoms with E-state index in [1.165, 1.54) is 10.6 Å². The van der Waals surface area contributed by atoms with Crippen molar-refractivity contribution >= 4 is 11.6 Å². The highest BCUT2D eigenvalue weighted by Gasteiger charge is 2.12. The van der Waals surface area contributed by atoms with Gasteiger partial charge in [-0.05, 0) is 42.5 Å². The van der Waals surface area contributed by atoms with Gasteiger partial charge in [-0.2, -0.15) is 5.26 Å². The summed E-state index contributed by atoms with van der Waals surface area (Å²) in [5, 5.41) is 11.4. The zero-order valence-electron chi connectivity index (χ0n) is 12.6. The van der Waals surface area contributed by atoms with Crippen molar-refractivity contribution in [2.24, 2.45) is 0 Å². The number of anilines is 1. The maximum absolute atomic E-state index is 12.2. The third-order valence-corrected chi connectivity index (χ3v) is 3.38. The first-order valence-electron chi connectivity index (χ1n) is 7.21. The second-order valence-electron chi connectivity index (χ2n) is 5.08. The quantitative estimate of drug-likeness (QED) is 0.800. The fourth-order valence-corrected chi connectivity index (χ4v) is 2.16. The van der Waals surface area contributed by atoms with E-state index in [4.69, 9.17) is 9.68 Å². The summed E-state index contributed by atoms with van der Waals surface area (Å²) in [5.74, 6) is 0.262. The second-order valence-corrected chi connectivity index (χ2v) is 5.08. The van der Waals surface area contributed by atoms with Crippen LogP contribution in [0, 0.1) is 11.3 Å². The van der Waals surface area contributed by atoms with E-state index in [0.29, 0.717) is 17.0 Å². The minimum absolute atomic E-state index is 0.141. The van der Waals surface area contributed by atoms with Crippen LogP contribution in [0.4, 0.5) is 5.69 Å². The molecular weight excluding hydrogens is 306 g/mol. The summed E-state index contributed by atoms with van der Waals surface area (Å²) in [6, 6.07) is 16.6. The predicted molar refractivity (Wildman–Crippen MR) is 87.6 cm³/mol. The molecule has 3 aromatic rings. The van der Waals surface area contributed by atoms with E-state index >= 15 is 0 Å². The van der Waals surface area contributed by atoms with Gasteiger partial charge < -0.3 is 14.3 Å². The fraction of sp³-hybridized carbons (Fsp3) is 0.0556. The molecule has 0 aliphatic heterocycles. The average molecular weight is 319 g/mol. The molecule has 6 heteroatoms. The Hall–Kier alpha value is -3.59. The van der Waals surface area contributed by atoms with Crippen LogP contribution in [0.1, 0.15) is 21.9 Å². The summed E-state index contributed by atoms with van der Waals surface area (Å²) in [6.45, 7) is 0.254. The third-order valence-electron chi connectivity index (χ3n) is 3.38. The Balaban J connectivity index is 1.70. The number of benzene rings is 1. The van der Waals surface area contributed by atoms with Crippen molar-refractivity contribution in [3.8, 4) is 6.07 Å². The lowest BCUT2D eigenvalue weighted by atomic mass is 10.2. The monoisotopic (exact) mass is 319 g/mol. The van der Waals surface area contributed by atoms with Crippen LogP contribution in [-0.4, -0.2) is 10.5 Å². The summed E-state index contributed by atoms with van der Waals surface area (Å²) in [7, 11) is 0. The Kier molecular flexibility index (Phi) is 4.25. The number of nitrogens with one attached hydrogen (secondary N) is 1. The molecule has 24 heavy (non-hydrogen) atoms. The van der Waals surface area contributed by atoms with Gasteiger partial charge in [-0.25, -0.2) is 0 Å². The lowest BCUT2D eigenvalue weighted by molar-refractivity contribution is 0.0994. The summed E-state index contributed by atoms with van der Waals surface area (Å²) in [4.78, 5) is 23.8. The van der Waals surface area contributed by atoms with E-state index in [2.05, 4.69) is 5.32 Å². The maximum atomic E-state index is 12.2. The fourth-order valence-electron chi connectivity index (χ4n) is 2.16. The molecule has 1 amide bonds. The summed E-state index contributed by atoms with van der Waals surface area (Å²) in [5.41, 5.74) is 0.940. The maximum Gasteiger partial charge on any atom is 0.291 e. The number of aromatic nitrogens is 1. The number of hydrogen-bond acceptors (Lipinski definition) is 4. The van der Waals surface area contributed by atoms with Gasteiger partial charge >= 0.3 is 0 Å². The van der Waals surface area contributed by atoms with Crippen LogP contribution < -0.4 is 10.9 Å². The Morgan fingerprint density at radius 3 is 2.62 bits per heavy atom. The number of carbonyl (C=O) groups excluding carboxylic acids is 1. The Morgan fingerprint density at radius 2 is 1.92 bits per heavy atom. The van der Waals surface area contributed by atoms with E-state index in [9.17, 15) is 9.59 Å². The van der Waals surface area contributed by atoms with Gasteiger partial charge in [-0.15, -0.1) is 0 Å². The highest BCUT2D eigenvalue weighted by Crippen LogP contribution is 2.13. The molecule has 0 bridgehead atoms. The highest BCUT2D eigenvalue weighted by molar-refractivity contribution is 6.02. The van der Waals surface area contributed by atoms with Gasteiger partial charge in [0, 0.05) is 18.0 Å². The lowest BCUT2D eigenvalue weighted by Crippen LogP contribution is -2.18. The number of rotatable bonds is 4. The molecule has 3 rings (SSSR count). The molecular formula is C18H13N3O3. The number of hydrogen-bond donors (Lipinski definition) is 1. The van der Waals surface area contributed by atoms with Crippen molar-refractivity contribution in [1.29, 1.82) is 5.26 Å². The first-order valence-corrected chi connectivity index (χ1v) is 7.21. The molecule has 2 heterocycles. The molecule has 6 nitrogen and oxygen atoms in total. The van der Waals surface area contributed by atoms with Gasteiger partial charge in [-0.3, -0.25) is 9.59 Å². The number of carbonyl (C=O) groups is 1. The molecule has 0 atom stereocenters. The molecule has 0 aliphatic carbocycles. The molecule has 0 unspecified atom stereocenters. The van der Waals surface area contributed by atoms with Crippen molar-refractivity contribution < 1.29 is 9.21 Å². The molecule has 0 saturated heterocycles. The van der Waals surface area contributed by atoms with Crippen molar-refractivity contribution in [3.05, 3.63) is 88.2 Å². The Bertz CT molecular complexity index is 962. The zero-order chi connectivity index (χ0) is 16.9. The van der Waals surface area contributed by atoms with Gasteiger partial charge in [0.15, 0.2) is 5.76 Å². The topological polar surface area (TPSA) is 88.0 Å². The standard InChI is InChI=1S/C18H13N3O3/c19-11-13-4-6-14(7-5-13)20-18(23)16-9-8-15(24-16)12-21-10-2-1-3-17(21)22/h1-10H,12H2,(H,20,23). The SMILES string of the molecule is N#Cc1ccc(NC(=O)c2ccc(Cn3ccccc3=O)o2)cc1. The summed E-state index contributed by atoms with van der Waals surface area (Å²) < 4.78 is 6.98. The van der Waals surface area contributed by atoms with Crippen molar-refractivity contribution in [3.63, 3.8) is 0 Å². The molecule has 1 N–H and O–H groups in total. The van der Waals surface area contributed by atoms with Crippen molar-refractivity contribution in [2.75, 3.05) is 5.32 Å². The molecule has 0 radical (unpaired) electrons. The third kappa shape index (κ3) is 3.42. The largest absolute Gasteiger partial charge is 0.454 e. The number of nitriles is 1. The van der Waals surface area contributed by atoms with Crippen LogP contribution in [0.3, 0.4) is 0 Å². The van der Waals surface area contributed by atoms with Gasteiger partial charge in [0.05, 0.1) is 18.2 Å². The number of amides is 1. The van der Waals surface area contributed by atoms with Gasteiger partial charge in [-0.1, -0.05) is 6.07 Å². The van der Waals surface area contributed by atoms with Gasteiger partial charge in [0.1, 0.15) is 5.76 Å². The highest BCUT2D eigenvalue weighted by atomic mass is 16.4. The van der Waals surface area contributed by atoms with Crippen LogP contribution in [0.15, 0.2) is 70.0 Å². The van der Waals surface area contributed by atoms with Crippen LogP contribution in [0.5, 0.6) is 0 Å². The first-order chi connectivity index (χ1) is 11.7. The minimum Gasteiger partial charge on any atom is -0.454 e. The van der Waals surface area contributed by atoms with E-state index in [0.717, 1.165) is 0 Å². The molecule has 2 aromatic heterocycles. The van der Waals surface area contributed by atoms with Crippen LogP contribution >= 0.6 is 0 Å². The summed E-state index contributed by atoms with van der Waals surface area (Å²) >= 11 is 0. The predicted octanol–water partition coefficient (Wildman–Crippen LogP) is 2.61. The second kappa shape index (κ2) is 6.67. The summed E-state index contributed by atoms with van der Waals surface area (Å²) in [6.07, 6.45) is 1.65. The number of furan rings is 1.